The zero-order chi connectivity index (χ0) is 11.1. The zero-order valence-electron chi connectivity index (χ0n) is 9.49. The molecule has 0 radical (unpaired) electrons. The van der Waals surface area contributed by atoms with Crippen LogP contribution in [0.3, 0.4) is 0 Å². The molecule has 0 amide bonds. The lowest BCUT2D eigenvalue weighted by Gasteiger charge is -2.08. The highest BCUT2D eigenvalue weighted by atomic mass is 15.3. The average Bonchev–Trinajstić information content (AvgIpc) is 2.61. The van der Waals surface area contributed by atoms with Crippen molar-refractivity contribution in [3.63, 3.8) is 0 Å². The van der Waals surface area contributed by atoms with E-state index in [0.29, 0.717) is 6.54 Å². The molecule has 6 nitrogen and oxygen atoms in total. The Balaban J connectivity index is 2.56. The Morgan fingerprint density at radius 2 is 2.07 bits per heavy atom. The Morgan fingerprint density at radius 3 is 2.53 bits per heavy atom. The molecule has 15 heavy (non-hydrogen) atoms. The molecule has 1 heterocycles. The maximum absolute atomic E-state index is 4.38. The van der Waals surface area contributed by atoms with E-state index in [0.717, 1.165) is 24.9 Å². The second kappa shape index (κ2) is 6.00. The molecule has 0 spiro atoms. The average molecular weight is 210 g/mol. The predicted octanol–water partition coefficient (Wildman–Crippen LogP) is -0.110. The number of hydrogen-bond acceptors (Lipinski definition) is 3. The Kier molecular flexibility index (Phi) is 4.59. The summed E-state index contributed by atoms with van der Waals surface area (Å²) in [4.78, 5) is 8.47. The van der Waals surface area contributed by atoms with E-state index in [2.05, 4.69) is 25.7 Å². The zero-order valence-corrected chi connectivity index (χ0v) is 9.49. The Hall–Kier alpha value is -1.59. The monoisotopic (exact) mass is 210 g/mol. The molecule has 0 aliphatic heterocycles. The molecule has 0 saturated carbocycles. The number of hydrogen-bond donors (Lipinski definition) is 2. The van der Waals surface area contributed by atoms with Gasteiger partial charge in [-0.3, -0.25) is 4.68 Å². The van der Waals surface area contributed by atoms with E-state index in [-0.39, 0.29) is 0 Å². The molecule has 1 aromatic heterocycles. The Morgan fingerprint density at radius 1 is 1.40 bits per heavy atom. The van der Waals surface area contributed by atoms with Crippen LogP contribution in [-0.2, 0) is 13.6 Å². The van der Waals surface area contributed by atoms with Gasteiger partial charge in [0.25, 0.3) is 0 Å². The van der Waals surface area contributed by atoms with Crippen LogP contribution < -0.4 is 10.6 Å². The van der Waals surface area contributed by atoms with Crippen LogP contribution >= 0.6 is 0 Å². The summed E-state index contributed by atoms with van der Waals surface area (Å²) in [7, 11) is 1.86. The largest absolute Gasteiger partial charge is 0.357 e. The lowest BCUT2D eigenvalue weighted by molar-refractivity contribution is 0.698. The van der Waals surface area contributed by atoms with Crippen molar-refractivity contribution in [2.24, 2.45) is 12.0 Å². The summed E-state index contributed by atoms with van der Waals surface area (Å²) in [6.45, 7) is 6.31. The van der Waals surface area contributed by atoms with Gasteiger partial charge in [-0.05, 0) is 13.8 Å². The van der Waals surface area contributed by atoms with E-state index in [1.807, 2.05) is 20.9 Å². The molecule has 0 unspecified atom stereocenters. The van der Waals surface area contributed by atoms with Crippen LogP contribution in [0.25, 0.3) is 0 Å². The van der Waals surface area contributed by atoms with Crippen molar-refractivity contribution in [1.29, 1.82) is 0 Å². The van der Waals surface area contributed by atoms with E-state index >= 15 is 0 Å². The fraction of sp³-hybridized carbons (Fsp3) is 0.667. The predicted molar refractivity (Wildman–Crippen MR) is 59.5 cm³/mol. The van der Waals surface area contributed by atoms with Crippen molar-refractivity contribution in [1.82, 2.24) is 25.4 Å². The molecule has 0 bridgehead atoms. The van der Waals surface area contributed by atoms with E-state index in [1.54, 1.807) is 4.68 Å². The molecule has 1 aromatic rings. The maximum atomic E-state index is 4.38. The summed E-state index contributed by atoms with van der Waals surface area (Å²) >= 11 is 0. The summed E-state index contributed by atoms with van der Waals surface area (Å²) in [5.41, 5.74) is 0. The fourth-order valence-corrected chi connectivity index (χ4v) is 1.12. The smallest absolute Gasteiger partial charge is 0.191 e. The molecule has 0 aliphatic rings. The van der Waals surface area contributed by atoms with E-state index in [4.69, 9.17) is 0 Å². The van der Waals surface area contributed by atoms with Crippen molar-refractivity contribution in [3.05, 3.63) is 12.2 Å². The third-order valence-corrected chi connectivity index (χ3v) is 1.87. The van der Waals surface area contributed by atoms with Gasteiger partial charge in [0.15, 0.2) is 5.96 Å². The number of guanidine groups is 1. The van der Waals surface area contributed by atoms with Crippen molar-refractivity contribution >= 4 is 5.96 Å². The third kappa shape index (κ3) is 3.57. The summed E-state index contributed by atoms with van der Waals surface area (Å²) in [6.07, 6.45) is 1.53. The Labute approximate surface area is 89.8 Å². The van der Waals surface area contributed by atoms with Gasteiger partial charge >= 0.3 is 0 Å². The molecule has 0 atom stereocenters. The molecular formula is C9H18N6. The second-order valence-electron chi connectivity index (χ2n) is 3.03. The number of aliphatic imine (C=N–C) groups is 1. The number of aromatic nitrogens is 3. The molecular weight excluding hydrogens is 192 g/mol. The number of nitrogens with one attached hydrogen (secondary N) is 2. The van der Waals surface area contributed by atoms with Crippen molar-refractivity contribution in [3.8, 4) is 0 Å². The first kappa shape index (κ1) is 11.5. The molecule has 0 saturated heterocycles. The van der Waals surface area contributed by atoms with Gasteiger partial charge in [0.05, 0.1) is 0 Å². The lowest BCUT2D eigenvalue weighted by atomic mass is 10.6. The fourth-order valence-electron chi connectivity index (χ4n) is 1.12. The minimum Gasteiger partial charge on any atom is -0.357 e. The molecule has 1 rings (SSSR count). The first-order valence-electron chi connectivity index (χ1n) is 5.13. The summed E-state index contributed by atoms with van der Waals surface area (Å²) in [6, 6.07) is 0. The first-order chi connectivity index (χ1) is 7.27. The lowest BCUT2D eigenvalue weighted by Crippen LogP contribution is -2.37. The second-order valence-corrected chi connectivity index (χ2v) is 3.03. The molecule has 0 fully saturated rings. The highest BCUT2D eigenvalue weighted by Crippen LogP contribution is 1.92. The van der Waals surface area contributed by atoms with Crippen molar-refractivity contribution < 1.29 is 0 Å². The normalized spacial score (nSPS) is 9.80. The van der Waals surface area contributed by atoms with Gasteiger partial charge in [-0.15, -0.1) is 0 Å². The highest BCUT2D eigenvalue weighted by Gasteiger charge is 1.99. The van der Waals surface area contributed by atoms with Crippen LogP contribution in [0, 0.1) is 0 Å². The first-order valence-corrected chi connectivity index (χ1v) is 5.13. The number of nitrogens with zero attached hydrogens (tertiary/aromatic N) is 4. The Bertz CT molecular complexity index is 308. The van der Waals surface area contributed by atoms with Gasteiger partial charge in [0, 0.05) is 20.1 Å². The van der Waals surface area contributed by atoms with Crippen LogP contribution in [0.2, 0.25) is 0 Å². The van der Waals surface area contributed by atoms with Gasteiger partial charge in [-0.1, -0.05) is 0 Å². The minimum absolute atomic E-state index is 0.534. The number of rotatable bonds is 4. The summed E-state index contributed by atoms with van der Waals surface area (Å²) in [5, 5.41) is 10.3. The molecule has 0 aliphatic carbocycles. The van der Waals surface area contributed by atoms with E-state index < -0.39 is 0 Å². The SMILES string of the molecule is CCNC(=NCc1ncnn1C)NCC. The molecule has 0 aromatic carbocycles. The van der Waals surface area contributed by atoms with Crippen molar-refractivity contribution in [2.75, 3.05) is 13.1 Å². The van der Waals surface area contributed by atoms with Gasteiger partial charge in [0.1, 0.15) is 18.7 Å². The van der Waals surface area contributed by atoms with Crippen LogP contribution in [0.5, 0.6) is 0 Å². The van der Waals surface area contributed by atoms with Crippen LogP contribution in [0.4, 0.5) is 0 Å². The van der Waals surface area contributed by atoms with Crippen LogP contribution in [0.15, 0.2) is 11.3 Å². The van der Waals surface area contributed by atoms with Crippen LogP contribution in [0.1, 0.15) is 19.7 Å². The highest BCUT2D eigenvalue weighted by molar-refractivity contribution is 5.79. The van der Waals surface area contributed by atoms with Gasteiger partial charge in [-0.25, -0.2) is 9.98 Å². The standard InChI is InChI=1S/C9H18N6/c1-4-10-9(11-5-2)12-6-8-13-7-14-15(8)3/h7H,4-6H2,1-3H3,(H2,10,11,12). The summed E-state index contributed by atoms with van der Waals surface area (Å²) < 4.78 is 1.72. The summed E-state index contributed by atoms with van der Waals surface area (Å²) in [5.74, 6) is 1.66. The maximum Gasteiger partial charge on any atom is 0.191 e. The van der Waals surface area contributed by atoms with Gasteiger partial charge in [-0.2, -0.15) is 5.10 Å². The number of aryl methyl sites for hydroxylation is 1. The van der Waals surface area contributed by atoms with Gasteiger partial charge in [0.2, 0.25) is 0 Å². The molecule has 2 N–H and O–H groups in total. The quantitative estimate of drug-likeness (QED) is 0.537. The van der Waals surface area contributed by atoms with Crippen molar-refractivity contribution in [2.45, 2.75) is 20.4 Å². The van der Waals surface area contributed by atoms with E-state index in [1.165, 1.54) is 6.33 Å². The molecule has 84 valence electrons. The topological polar surface area (TPSA) is 67.1 Å². The molecule has 6 heteroatoms. The van der Waals surface area contributed by atoms with Crippen LogP contribution in [-0.4, -0.2) is 33.8 Å². The third-order valence-electron chi connectivity index (χ3n) is 1.87. The van der Waals surface area contributed by atoms with Gasteiger partial charge < -0.3 is 10.6 Å². The van der Waals surface area contributed by atoms with E-state index in [9.17, 15) is 0 Å². The minimum atomic E-state index is 0.534.